The molecule has 6 nitrogen and oxygen atoms in total. The summed E-state index contributed by atoms with van der Waals surface area (Å²) in [6, 6.07) is 3.20. The number of pyridine rings is 1. The lowest BCUT2D eigenvalue weighted by atomic mass is 9.92. The highest BCUT2D eigenvalue weighted by atomic mass is 35.5. The van der Waals surface area contributed by atoms with Crippen LogP contribution >= 0.6 is 11.6 Å². The van der Waals surface area contributed by atoms with E-state index in [-0.39, 0.29) is 23.7 Å². The summed E-state index contributed by atoms with van der Waals surface area (Å²) >= 11 is 5.97. The molecule has 1 unspecified atom stereocenters. The number of carbonyl (C=O) groups is 2. The quantitative estimate of drug-likeness (QED) is 0.637. The Labute approximate surface area is 185 Å². The van der Waals surface area contributed by atoms with E-state index in [0.717, 1.165) is 63.6 Å². The monoisotopic (exact) mass is 434 g/mol. The standard InChI is InChI=1S/C23H35ClN4O2/c1-27-13-9-18(10-14-27)11-15-28(21(29)16-24)22(19-6-5-12-25-17-19)23(30)26-20-7-3-2-4-8-20/h5-6,12,17-18,20,22H,2-4,7-11,13-16H2,1H3,(H,26,30). The van der Waals surface area contributed by atoms with E-state index in [9.17, 15) is 9.59 Å². The van der Waals surface area contributed by atoms with E-state index in [4.69, 9.17) is 11.6 Å². The summed E-state index contributed by atoms with van der Waals surface area (Å²) in [5, 5.41) is 3.21. The van der Waals surface area contributed by atoms with E-state index in [1.807, 2.05) is 12.1 Å². The summed E-state index contributed by atoms with van der Waals surface area (Å²) < 4.78 is 0. The number of alkyl halides is 1. The van der Waals surface area contributed by atoms with Crippen molar-refractivity contribution < 1.29 is 9.59 Å². The highest BCUT2D eigenvalue weighted by molar-refractivity contribution is 6.27. The normalized spacial score (nSPS) is 19.9. The Morgan fingerprint density at radius 3 is 2.60 bits per heavy atom. The number of likely N-dealkylation sites (tertiary alicyclic amines) is 1. The largest absolute Gasteiger partial charge is 0.351 e. The molecule has 1 aliphatic carbocycles. The number of halogens is 1. The van der Waals surface area contributed by atoms with Gasteiger partial charge in [-0.1, -0.05) is 25.3 Å². The molecule has 2 aliphatic rings. The van der Waals surface area contributed by atoms with Crippen LogP contribution < -0.4 is 5.32 Å². The maximum Gasteiger partial charge on any atom is 0.247 e. The van der Waals surface area contributed by atoms with Gasteiger partial charge in [-0.3, -0.25) is 14.6 Å². The van der Waals surface area contributed by atoms with Crippen LogP contribution in [0.15, 0.2) is 24.5 Å². The number of piperidine rings is 1. The second-order valence-corrected chi connectivity index (χ2v) is 9.06. The van der Waals surface area contributed by atoms with Gasteiger partial charge in [0.15, 0.2) is 0 Å². The first-order chi connectivity index (χ1) is 14.6. The number of nitrogens with zero attached hydrogens (tertiary/aromatic N) is 3. The molecule has 7 heteroatoms. The van der Waals surface area contributed by atoms with Crippen molar-refractivity contribution >= 4 is 23.4 Å². The van der Waals surface area contributed by atoms with Crippen LogP contribution in [0.3, 0.4) is 0 Å². The number of rotatable bonds is 8. The molecular formula is C23H35ClN4O2. The molecular weight excluding hydrogens is 400 g/mol. The van der Waals surface area contributed by atoms with Crippen LogP contribution in [0.25, 0.3) is 0 Å². The van der Waals surface area contributed by atoms with Gasteiger partial charge in [-0.05, 0) is 64.2 Å². The topological polar surface area (TPSA) is 65.5 Å². The average Bonchev–Trinajstić information content (AvgIpc) is 2.78. The molecule has 2 fully saturated rings. The molecule has 2 amide bonds. The second-order valence-electron chi connectivity index (χ2n) is 8.79. The molecule has 1 atom stereocenters. The Hall–Kier alpha value is -1.66. The maximum absolute atomic E-state index is 13.4. The molecule has 0 bridgehead atoms. The highest BCUT2D eigenvalue weighted by Crippen LogP contribution is 2.26. The molecule has 0 spiro atoms. The Morgan fingerprint density at radius 1 is 1.23 bits per heavy atom. The average molecular weight is 435 g/mol. The Morgan fingerprint density at radius 2 is 1.97 bits per heavy atom. The van der Waals surface area contributed by atoms with Crippen molar-refractivity contribution in [2.24, 2.45) is 5.92 Å². The zero-order valence-corrected chi connectivity index (χ0v) is 18.8. The number of amides is 2. The van der Waals surface area contributed by atoms with Gasteiger partial charge in [-0.15, -0.1) is 11.6 Å². The van der Waals surface area contributed by atoms with E-state index < -0.39 is 6.04 Å². The summed E-state index contributed by atoms with van der Waals surface area (Å²) in [6.07, 6.45) is 12.0. The minimum Gasteiger partial charge on any atom is -0.351 e. The van der Waals surface area contributed by atoms with Crippen LogP contribution in [-0.4, -0.2) is 65.2 Å². The molecule has 0 radical (unpaired) electrons. The number of aromatic nitrogens is 1. The van der Waals surface area contributed by atoms with Crippen LogP contribution in [0.2, 0.25) is 0 Å². The first kappa shape index (κ1) is 23.0. The first-order valence-corrected chi connectivity index (χ1v) is 11.9. The highest BCUT2D eigenvalue weighted by Gasteiger charge is 2.33. The lowest BCUT2D eigenvalue weighted by Gasteiger charge is -2.35. The summed E-state index contributed by atoms with van der Waals surface area (Å²) in [4.78, 5) is 34.4. The minimum absolute atomic E-state index is 0.114. The van der Waals surface area contributed by atoms with Crippen LogP contribution in [0.1, 0.15) is 63.0 Å². The van der Waals surface area contributed by atoms with Gasteiger partial charge >= 0.3 is 0 Å². The maximum atomic E-state index is 13.4. The molecule has 1 aromatic rings. The molecule has 166 valence electrons. The summed E-state index contributed by atoms with van der Waals surface area (Å²) in [7, 11) is 2.15. The van der Waals surface area contributed by atoms with Crippen molar-refractivity contribution in [2.75, 3.05) is 32.6 Å². The lowest BCUT2D eigenvalue weighted by Crippen LogP contribution is -2.48. The molecule has 2 heterocycles. The fourth-order valence-electron chi connectivity index (χ4n) is 4.68. The van der Waals surface area contributed by atoms with E-state index in [1.54, 1.807) is 17.3 Å². The minimum atomic E-state index is -0.682. The molecule has 1 aromatic heterocycles. The third-order valence-electron chi connectivity index (χ3n) is 6.56. The van der Waals surface area contributed by atoms with Gasteiger partial charge in [0, 0.05) is 30.5 Å². The van der Waals surface area contributed by atoms with Crippen LogP contribution in [0.4, 0.5) is 0 Å². The van der Waals surface area contributed by atoms with E-state index in [0.29, 0.717) is 12.5 Å². The fourth-order valence-corrected chi connectivity index (χ4v) is 4.84. The molecule has 1 aliphatic heterocycles. The van der Waals surface area contributed by atoms with Gasteiger partial charge in [0.25, 0.3) is 0 Å². The third kappa shape index (κ3) is 6.42. The van der Waals surface area contributed by atoms with Crippen molar-refractivity contribution in [2.45, 2.75) is 63.5 Å². The Balaban J connectivity index is 1.75. The number of carbonyl (C=O) groups excluding carboxylic acids is 2. The molecule has 0 aromatic carbocycles. The second kappa shape index (κ2) is 11.7. The van der Waals surface area contributed by atoms with Gasteiger partial charge in [-0.2, -0.15) is 0 Å². The number of hydrogen-bond donors (Lipinski definition) is 1. The zero-order valence-electron chi connectivity index (χ0n) is 18.1. The smallest absolute Gasteiger partial charge is 0.247 e. The molecule has 1 saturated carbocycles. The van der Waals surface area contributed by atoms with Gasteiger partial charge in [0.2, 0.25) is 11.8 Å². The SMILES string of the molecule is CN1CCC(CCN(C(=O)CCl)C(C(=O)NC2CCCCC2)c2cccnc2)CC1. The third-order valence-corrected chi connectivity index (χ3v) is 6.79. The molecule has 1 N–H and O–H groups in total. The van der Waals surface area contributed by atoms with E-state index in [2.05, 4.69) is 22.2 Å². The summed E-state index contributed by atoms with van der Waals surface area (Å²) in [6.45, 7) is 2.71. The van der Waals surface area contributed by atoms with E-state index in [1.165, 1.54) is 6.42 Å². The van der Waals surface area contributed by atoms with Gasteiger partial charge < -0.3 is 15.1 Å². The molecule has 3 rings (SSSR count). The molecule has 1 saturated heterocycles. The van der Waals surface area contributed by atoms with Gasteiger partial charge in [-0.25, -0.2) is 0 Å². The van der Waals surface area contributed by atoms with Gasteiger partial charge in [0.05, 0.1) is 0 Å². The van der Waals surface area contributed by atoms with Gasteiger partial charge in [0.1, 0.15) is 11.9 Å². The summed E-state index contributed by atoms with van der Waals surface area (Å²) in [5.41, 5.74) is 0.743. The van der Waals surface area contributed by atoms with Crippen molar-refractivity contribution in [3.63, 3.8) is 0 Å². The van der Waals surface area contributed by atoms with Crippen molar-refractivity contribution in [1.29, 1.82) is 0 Å². The van der Waals surface area contributed by atoms with Crippen molar-refractivity contribution in [3.8, 4) is 0 Å². The summed E-state index contributed by atoms with van der Waals surface area (Å²) in [5.74, 6) is 0.137. The predicted octanol–water partition coefficient (Wildman–Crippen LogP) is 3.37. The number of nitrogens with one attached hydrogen (secondary N) is 1. The van der Waals surface area contributed by atoms with Crippen molar-refractivity contribution in [3.05, 3.63) is 30.1 Å². The number of hydrogen-bond acceptors (Lipinski definition) is 4. The predicted molar refractivity (Wildman–Crippen MR) is 119 cm³/mol. The van der Waals surface area contributed by atoms with Crippen molar-refractivity contribution in [1.82, 2.24) is 20.1 Å². The van der Waals surface area contributed by atoms with E-state index >= 15 is 0 Å². The van der Waals surface area contributed by atoms with Crippen LogP contribution in [0, 0.1) is 5.92 Å². The van der Waals surface area contributed by atoms with Crippen LogP contribution in [0.5, 0.6) is 0 Å². The van der Waals surface area contributed by atoms with Crippen LogP contribution in [-0.2, 0) is 9.59 Å². The Bertz CT molecular complexity index is 673. The first-order valence-electron chi connectivity index (χ1n) is 11.3. The lowest BCUT2D eigenvalue weighted by molar-refractivity contribution is -0.139. The Kier molecular flexibility index (Phi) is 8.94. The molecule has 30 heavy (non-hydrogen) atoms. The fraction of sp³-hybridized carbons (Fsp3) is 0.696. The zero-order chi connectivity index (χ0) is 21.3.